The summed E-state index contributed by atoms with van der Waals surface area (Å²) in [6.07, 6.45) is 3.85. The molecule has 0 radical (unpaired) electrons. The predicted molar refractivity (Wildman–Crippen MR) is 93.9 cm³/mol. The zero-order chi connectivity index (χ0) is 18.0. The van der Waals surface area contributed by atoms with E-state index in [2.05, 4.69) is 19.8 Å². The second kappa shape index (κ2) is 7.21. The molecule has 1 amide bonds. The van der Waals surface area contributed by atoms with Gasteiger partial charge in [0.1, 0.15) is 5.54 Å². The number of hydrogen-bond donors (Lipinski definition) is 0. The minimum absolute atomic E-state index is 0.239. The lowest BCUT2D eigenvalue weighted by Gasteiger charge is -2.51. The van der Waals surface area contributed by atoms with E-state index in [0.717, 1.165) is 39.0 Å². The molecule has 3 heterocycles. The highest BCUT2D eigenvalue weighted by molar-refractivity contribution is 5.87. The number of aromatic nitrogens is 2. The van der Waals surface area contributed by atoms with Crippen molar-refractivity contribution in [3.8, 4) is 0 Å². The Morgan fingerprint density at radius 2 is 1.80 bits per heavy atom. The number of rotatable bonds is 4. The van der Waals surface area contributed by atoms with Gasteiger partial charge in [0.05, 0.1) is 12.4 Å². The van der Waals surface area contributed by atoms with Crippen LogP contribution in [-0.2, 0) is 4.79 Å². The van der Waals surface area contributed by atoms with Gasteiger partial charge in [-0.2, -0.15) is 0 Å². The second-order valence-electron chi connectivity index (χ2n) is 7.24. The highest BCUT2D eigenvalue weighted by atomic mass is 19.1. The summed E-state index contributed by atoms with van der Waals surface area (Å²) < 4.78 is 13.0. The van der Waals surface area contributed by atoms with Crippen LogP contribution < -0.4 is 4.90 Å². The zero-order valence-electron chi connectivity index (χ0n) is 15.3. The van der Waals surface area contributed by atoms with Crippen molar-refractivity contribution < 1.29 is 9.18 Å². The number of hydrogen-bond acceptors (Lipinski definition) is 6. The Balaban J connectivity index is 1.68. The molecule has 0 aromatic carbocycles. The Morgan fingerprint density at radius 3 is 2.40 bits per heavy atom. The van der Waals surface area contributed by atoms with Crippen molar-refractivity contribution in [2.75, 3.05) is 65.3 Å². The summed E-state index contributed by atoms with van der Waals surface area (Å²) in [7, 11) is 6.10. The molecule has 0 atom stereocenters. The van der Waals surface area contributed by atoms with Crippen molar-refractivity contribution in [3.63, 3.8) is 0 Å². The molecule has 25 heavy (non-hydrogen) atoms. The molecule has 2 fully saturated rings. The maximum absolute atomic E-state index is 13.2. The highest BCUT2D eigenvalue weighted by Gasteiger charge is 2.49. The van der Waals surface area contributed by atoms with E-state index in [0.29, 0.717) is 19.0 Å². The van der Waals surface area contributed by atoms with Gasteiger partial charge in [-0.05, 0) is 34.0 Å². The minimum atomic E-state index is -0.434. The van der Waals surface area contributed by atoms with Gasteiger partial charge in [-0.15, -0.1) is 0 Å². The number of halogens is 1. The SMILES string of the molecule is CN(C)CCN1CCN(C)C2(CCN(c3ncc(F)cn3)CC2)C1=O. The number of piperidine rings is 1. The number of piperazine rings is 1. The van der Waals surface area contributed by atoms with Crippen LogP contribution in [0.25, 0.3) is 0 Å². The molecule has 0 bridgehead atoms. The van der Waals surface area contributed by atoms with Gasteiger partial charge in [0.2, 0.25) is 11.9 Å². The van der Waals surface area contributed by atoms with E-state index < -0.39 is 11.4 Å². The minimum Gasteiger partial charge on any atom is -0.341 e. The summed E-state index contributed by atoms with van der Waals surface area (Å²) >= 11 is 0. The third-order valence-electron chi connectivity index (χ3n) is 5.42. The fourth-order valence-electron chi connectivity index (χ4n) is 3.72. The lowest BCUT2D eigenvalue weighted by molar-refractivity contribution is -0.152. The topological polar surface area (TPSA) is 55.8 Å². The van der Waals surface area contributed by atoms with Gasteiger partial charge in [-0.25, -0.2) is 14.4 Å². The van der Waals surface area contributed by atoms with E-state index in [1.165, 1.54) is 12.4 Å². The van der Waals surface area contributed by atoms with Crippen molar-refractivity contribution in [1.82, 2.24) is 24.7 Å². The second-order valence-corrected chi connectivity index (χ2v) is 7.24. The summed E-state index contributed by atoms with van der Waals surface area (Å²) in [5, 5.41) is 0. The van der Waals surface area contributed by atoms with Crippen LogP contribution in [0.2, 0.25) is 0 Å². The van der Waals surface area contributed by atoms with E-state index in [-0.39, 0.29) is 5.91 Å². The van der Waals surface area contributed by atoms with E-state index in [9.17, 15) is 9.18 Å². The standard InChI is InChI=1S/C17H27FN6O/c1-21(2)8-10-23-11-9-22(3)17(15(23)25)4-6-24(7-5-17)16-19-12-14(18)13-20-16/h12-13H,4-11H2,1-3H3. The van der Waals surface area contributed by atoms with E-state index in [1.807, 2.05) is 30.9 Å². The molecule has 3 rings (SSSR count). The molecule has 1 aromatic rings. The number of amides is 1. The van der Waals surface area contributed by atoms with Gasteiger partial charge in [0, 0.05) is 39.3 Å². The Kier molecular flexibility index (Phi) is 5.19. The first-order valence-electron chi connectivity index (χ1n) is 8.80. The Morgan fingerprint density at radius 1 is 1.16 bits per heavy atom. The van der Waals surface area contributed by atoms with Gasteiger partial charge < -0.3 is 14.7 Å². The van der Waals surface area contributed by atoms with Crippen LogP contribution in [0, 0.1) is 5.82 Å². The fourth-order valence-corrected chi connectivity index (χ4v) is 3.72. The number of carbonyl (C=O) groups excluding carboxylic acids is 1. The fraction of sp³-hybridized carbons (Fsp3) is 0.706. The number of anilines is 1. The summed E-state index contributed by atoms with van der Waals surface area (Å²) in [5.41, 5.74) is -0.429. The third kappa shape index (κ3) is 3.59. The average molecular weight is 350 g/mol. The van der Waals surface area contributed by atoms with Crippen LogP contribution in [0.4, 0.5) is 10.3 Å². The predicted octanol–water partition coefficient (Wildman–Crippen LogP) is 0.290. The van der Waals surface area contributed by atoms with Crippen molar-refractivity contribution in [3.05, 3.63) is 18.2 Å². The van der Waals surface area contributed by atoms with E-state index >= 15 is 0 Å². The molecule has 1 spiro atoms. The normalized spacial score (nSPS) is 21.4. The molecule has 1 aromatic heterocycles. The molecule has 7 nitrogen and oxygen atoms in total. The van der Waals surface area contributed by atoms with Crippen LogP contribution in [0.1, 0.15) is 12.8 Å². The van der Waals surface area contributed by atoms with Crippen LogP contribution in [0.15, 0.2) is 12.4 Å². The highest BCUT2D eigenvalue weighted by Crippen LogP contribution is 2.33. The Hall–Kier alpha value is -1.80. The van der Waals surface area contributed by atoms with Crippen molar-refractivity contribution >= 4 is 11.9 Å². The van der Waals surface area contributed by atoms with Crippen LogP contribution >= 0.6 is 0 Å². The molecule has 2 aliphatic rings. The van der Waals surface area contributed by atoms with E-state index in [4.69, 9.17) is 0 Å². The van der Waals surface area contributed by atoms with Gasteiger partial charge in [0.25, 0.3) is 0 Å². The quantitative estimate of drug-likeness (QED) is 0.778. The molecular formula is C17H27FN6O. The first kappa shape index (κ1) is 18.0. The molecule has 0 saturated carbocycles. The van der Waals surface area contributed by atoms with Crippen LogP contribution in [0.5, 0.6) is 0 Å². The van der Waals surface area contributed by atoms with Gasteiger partial charge in [0.15, 0.2) is 5.82 Å². The first-order chi connectivity index (χ1) is 11.9. The molecular weight excluding hydrogens is 323 g/mol. The molecule has 2 saturated heterocycles. The number of carbonyl (C=O) groups is 1. The molecule has 2 aliphatic heterocycles. The summed E-state index contributed by atoms with van der Waals surface area (Å²) in [4.78, 5) is 29.7. The molecule has 0 aliphatic carbocycles. The van der Waals surface area contributed by atoms with E-state index in [1.54, 1.807) is 0 Å². The molecule has 8 heteroatoms. The van der Waals surface area contributed by atoms with Gasteiger partial charge in [-0.1, -0.05) is 0 Å². The lowest BCUT2D eigenvalue weighted by atomic mass is 9.83. The number of likely N-dealkylation sites (N-methyl/N-ethyl adjacent to an activating group) is 2. The van der Waals surface area contributed by atoms with Crippen molar-refractivity contribution in [2.24, 2.45) is 0 Å². The van der Waals surface area contributed by atoms with Gasteiger partial charge >= 0.3 is 0 Å². The summed E-state index contributed by atoms with van der Waals surface area (Å²) in [5.74, 6) is 0.338. The largest absolute Gasteiger partial charge is 0.341 e. The third-order valence-corrected chi connectivity index (χ3v) is 5.42. The number of nitrogens with zero attached hydrogens (tertiary/aromatic N) is 6. The molecule has 0 unspecified atom stereocenters. The Labute approximate surface area is 148 Å². The molecule has 138 valence electrons. The smallest absolute Gasteiger partial charge is 0.243 e. The van der Waals surface area contributed by atoms with Crippen molar-refractivity contribution in [2.45, 2.75) is 18.4 Å². The van der Waals surface area contributed by atoms with Crippen LogP contribution in [-0.4, -0.2) is 96.5 Å². The molecule has 0 N–H and O–H groups in total. The monoisotopic (exact) mass is 350 g/mol. The maximum Gasteiger partial charge on any atom is 0.243 e. The summed E-state index contributed by atoms with van der Waals surface area (Å²) in [6, 6.07) is 0. The van der Waals surface area contributed by atoms with Crippen molar-refractivity contribution in [1.29, 1.82) is 0 Å². The summed E-state index contributed by atoms with van der Waals surface area (Å²) in [6.45, 7) is 4.72. The zero-order valence-corrected chi connectivity index (χ0v) is 15.3. The first-order valence-corrected chi connectivity index (χ1v) is 8.80. The average Bonchev–Trinajstić information content (AvgIpc) is 2.60. The maximum atomic E-state index is 13.2. The Bertz CT molecular complexity index is 600. The lowest BCUT2D eigenvalue weighted by Crippen LogP contribution is -2.68. The van der Waals surface area contributed by atoms with Crippen LogP contribution in [0.3, 0.4) is 0 Å². The van der Waals surface area contributed by atoms with Gasteiger partial charge in [-0.3, -0.25) is 9.69 Å².